The first-order valence-electron chi connectivity index (χ1n) is 13.1. The second kappa shape index (κ2) is 14.2. The number of hydrogen-bond donors (Lipinski definition) is 5. The van der Waals surface area contributed by atoms with E-state index in [9.17, 15) is 19.2 Å². The van der Waals surface area contributed by atoms with Crippen molar-refractivity contribution >= 4 is 23.6 Å². The summed E-state index contributed by atoms with van der Waals surface area (Å²) in [6.45, 7) is 0.537. The van der Waals surface area contributed by atoms with Gasteiger partial charge in [0.2, 0.25) is 0 Å². The molecule has 222 valence electrons. The molecule has 0 radical (unpaired) electrons. The fourth-order valence-electron chi connectivity index (χ4n) is 4.71. The summed E-state index contributed by atoms with van der Waals surface area (Å²) >= 11 is 0. The highest BCUT2D eigenvalue weighted by atomic mass is 16.5. The van der Waals surface area contributed by atoms with Crippen LogP contribution in [-0.4, -0.2) is 77.2 Å². The molecule has 4 amide bonds. The zero-order valence-electron chi connectivity index (χ0n) is 23.6. The average Bonchev–Trinajstić information content (AvgIpc) is 2.98. The van der Waals surface area contributed by atoms with E-state index in [-0.39, 0.29) is 70.4 Å². The fraction of sp³-hybridized carbons (Fsp3) is 0.429. The number of carbonyl (C=O) groups is 4. The number of hydrogen-bond acceptors (Lipinski definition) is 9. The minimum atomic E-state index is -0.730. The van der Waals surface area contributed by atoms with Gasteiger partial charge in [0.15, 0.2) is 0 Å². The van der Waals surface area contributed by atoms with E-state index in [1.165, 1.54) is 52.7 Å². The molecule has 0 unspecified atom stereocenters. The van der Waals surface area contributed by atoms with Gasteiger partial charge in [0, 0.05) is 37.3 Å². The van der Waals surface area contributed by atoms with E-state index < -0.39 is 23.6 Å². The van der Waals surface area contributed by atoms with Crippen LogP contribution in [0.4, 0.5) is 0 Å². The second-order valence-corrected chi connectivity index (χ2v) is 9.41. The van der Waals surface area contributed by atoms with Gasteiger partial charge in [-0.3, -0.25) is 19.2 Å². The van der Waals surface area contributed by atoms with Crippen LogP contribution in [0.1, 0.15) is 67.1 Å². The molecule has 1 fully saturated rings. The van der Waals surface area contributed by atoms with Gasteiger partial charge in [0.25, 0.3) is 23.6 Å². The molecule has 7 N–H and O–H groups in total. The molecule has 1 saturated carbocycles. The van der Waals surface area contributed by atoms with Crippen molar-refractivity contribution in [3.63, 3.8) is 0 Å². The van der Waals surface area contributed by atoms with Crippen LogP contribution in [0.25, 0.3) is 0 Å². The molecule has 1 aliphatic rings. The van der Waals surface area contributed by atoms with Crippen molar-refractivity contribution < 1.29 is 38.1 Å². The van der Waals surface area contributed by atoms with Crippen LogP contribution in [0, 0.1) is 0 Å². The van der Waals surface area contributed by atoms with Crippen LogP contribution in [0.2, 0.25) is 0 Å². The lowest BCUT2D eigenvalue weighted by atomic mass is 9.90. The van der Waals surface area contributed by atoms with Gasteiger partial charge in [-0.05, 0) is 37.8 Å². The predicted octanol–water partition coefficient (Wildman–Crippen LogP) is 0.979. The van der Waals surface area contributed by atoms with Crippen LogP contribution in [0.5, 0.6) is 23.0 Å². The average molecular weight is 572 g/mol. The highest BCUT2D eigenvalue weighted by Crippen LogP contribution is 2.31. The molecular weight excluding hydrogens is 534 g/mol. The first-order chi connectivity index (χ1) is 19.7. The van der Waals surface area contributed by atoms with E-state index >= 15 is 0 Å². The largest absolute Gasteiger partial charge is 0.496 e. The quantitative estimate of drug-likeness (QED) is 0.247. The molecule has 0 aromatic heterocycles. The Bertz CT molecular complexity index is 1290. The molecule has 0 bridgehead atoms. The van der Waals surface area contributed by atoms with Crippen molar-refractivity contribution in [2.45, 2.75) is 37.8 Å². The van der Waals surface area contributed by atoms with E-state index in [2.05, 4.69) is 16.0 Å². The summed E-state index contributed by atoms with van der Waals surface area (Å²) in [6.07, 6.45) is 2.41. The van der Waals surface area contributed by atoms with E-state index in [1.807, 2.05) is 0 Å². The van der Waals surface area contributed by atoms with E-state index in [4.69, 9.17) is 30.4 Å². The van der Waals surface area contributed by atoms with Crippen molar-refractivity contribution in [1.82, 2.24) is 16.0 Å². The van der Waals surface area contributed by atoms with Gasteiger partial charge in [0.05, 0.1) is 50.7 Å². The van der Waals surface area contributed by atoms with E-state index in [0.29, 0.717) is 25.7 Å². The van der Waals surface area contributed by atoms with Crippen molar-refractivity contribution in [3.05, 3.63) is 46.5 Å². The van der Waals surface area contributed by atoms with Crippen LogP contribution in [0.15, 0.2) is 24.3 Å². The Labute approximate surface area is 238 Å². The van der Waals surface area contributed by atoms with Crippen LogP contribution in [0.3, 0.4) is 0 Å². The number of carbonyl (C=O) groups excluding carboxylic acids is 4. The third-order valence-electron chi connectivity index (χ3n) is 6.87. The van der Waals surface area contributed by atoms with Crippen molar-refractivity contribution in [2.24, 2.45) is 11.5 Å². The fourth-order valence-corrected chi connectivity index (χ4v) is 4.71. The monoisotopic (exact) mass is 571 g/mol. The molecular formula is C28H37N5O8. The first kappa shape index (κ1) is 31.0. The topological polar surface area (TPSA) is 193 Å². The van der Waals surface area contributed by atoms with Gasteiger partial charge in [-0.1, -0.05) is 0 Å². The minimum absolute atomic E-state index is 0.0684. The molecule has 3 rings (SSSR count). The van der Waals surface area contributed by atoms with Gasteiger partial charge in [-0.15, -0.1) is 0 Å². The molecule has 13 nitrogen and oxygen atoms in total. The molecule has 0 heterocycles. The summed E-state index contributed by atoms with van der Waals surface area (Å²) < 4.78 is 21.2. The maximum atomic E-state index is 13.2. The van der Waals surface area contributed by atoms with Gasteiger partial charge in [-0.2, -0.15) is 0 Å². The zero-order chi connectivity index (χ0) is 30.1. The molecule has 13 heteroatoms. The maximum absolute atomic E-state index is 13.2. The smallest absolute Gasteiger partial charge is 0.255 e. The molecule has 1 aliphatic carbocycles. The van der Waals surface area contributed by atoms with Crippen LogP contribution >= 0.6 is 0 Å². The third kappa shape index (κ3) is 7.37. The van der Waals surface area contributed by atoms with Crippen LogP contribution < -0.4 is 46.4 Å². The highest BCUT2D eigenvalue weighted by Gasteiger charge is 2.28. The number of nitrogens with two attached hydrogens (primary N) is 2. The number of nitrogens with one attached hydrogen (secondary N) is 3. The molecule has 0 saturated heterocycles. The van der Waals surface area contributed by atoms with Crippen molar-refractivity contribution in [2.75, 3.05) is 41.5 Å². The van der Waals surface area contributed by atoms with Crippen LogP contribution in [-0.2, 0) is 0 Å². The Morgan fingerprint density at radius 2 is 1.02 bits per heavy atom. The Morgan fingerprint density at radius 1 is 0.659 bits per heavy atom. The van der Waals surface area contributed by atoms with Gasteiger partial charge >= 0.3 is 0 Å². The van der Waals surface area contributed by atoms with Crippen molar-refractivity contribution in [3.8, 4) is 23.0 Å². The molecule has 41 heavy (non-hydrogen) atoms. The SMILES string of the molecule is COc1cc(OC)c(C(=O)N[C@H]2CC[C@H](NC(=O)c3cc(C(=O)NCCN)c(OC)cc3OC)CC2)cc1C(N)=O. The molecule has 0 aliphatic heterocycles. The van der Waals surface area contributed by atoms with E-state index in [1.54, 1.807) is 0 Å². The Hall–Kier alpha value is -4.52. The molecule has 2 aromatic carbocycles. The van der Waals surface area contributed by atoms with E-state index in [0.717, 1.165) is 0 Å². The number of benzene rings is 2. The Morgan fingerprint density at radius 3 is 1.39 bits per heavy atom. The number of amides is 4. The summed E-state index contributed by atoms with van der Waals surface area (Å²) in [5.41, 5.74) is 11.5. The summed E-state index contributed by atoms with van der Waals surface area (Å²) in [6, 6.07) is 5.42. The van der Waals surface area contributed by atoms with Gasteiger partial charge < -0.3 is 46.4 Å². The second-order valence-electron chi connectivity index (χ2n) is 9.41. The molecule has 0 spiro atoms. The summed E-state index contributed by atoms with van der Waals surface area (Å²) in [7, 11) is 5.66. The Balaban J connectivity index is 1.67. The summed E-state index contributed by atoms with van der Waals surface area (Å²) in [4.78, 5) is 50.7. The molecule has 2 aromatic rings. The zero-order valence-corrected chi connectivity index (χ0v) is 23.6. The third-order valence-corrected chi connectivity index (χ3v) is 6.87. The lowest BCUT2D eigenvalue weighted by Gasteiger charge is -2.30. The first-order valence-corrected chi connectivity index (χ1v) is 13.1. The number of rotatable bonds is 12. The standard InChI is InChI=1S/C28H37N5O8/c1-38-21-13-23(40-3)19(11-17(21)25(30)34)27(36)32-15-5-7-16(8-6-15)33-28(37)20-12-18(26(35)31-10-9-29)22(39-2)14-24(20)41-4/h11-16H,5-10,29H2,1-4H3,(H2,30,34)(H,31,35)(H,32,36)(H,33,37)/t15-,16-. The lowest BCUT2D eigenvalue weighted by molar-refractivity contribution is 0.0887. The number of methoxy groups -OCH3 is 4. The summed E-state index contributed by atoms with van der Waals surface area (Å²) in [5.74, 6) is -0.980. The lowest BCUT2D eigenvalue weighted by Crippen LogP contribution is -2.44. The van der Waals surface area contributed by atoms with Crippen molar-refractivity contribution in [1.29, 1.82) is 0 Å². The number of primary amides is 1. The number of ether oxygens (including phenoxy) is 4. The predicted molar refractivity (Wildman–Crippen MR) is 150 cm³/mol. The van der Waals surface area contributed by atoms with Gasteiger partial charge in [0.1, 0.15) is 23.0 Å². The maximum Gasteiger partial charge on any atom is 0.255 e. The Kier molecular flexibility index (Phi) is 10.8. The highest BCUT2D eigenvalue weighted by molar-refractivity contribution is 6.04. The van der Waals surface area contributed by atoms with Gasteiger partial charge in [-0.25, -0.2) is 0 Å². The summed E-state index contributed by atoms with van der Waals surface area (Å²) in [5, 5.41) is 8.65. The minimum Gasteiger partial charge on any atom is -0.496 e. The molecule has 0 atom stereocenters. The normalized spacial score (nSPS) is 16.2.